The van der Waals surface area contributed by atoms with Crippen LogP contribution in [0, 0.1) is 17.0 Å². The summed E-state index contributed by atoms with van der Waals surface area (Å²) in [6.07, 6.45) is 0. The highest BCUT2D eigenvalue weighted by Gasteiger charge is 2.15. The number of anilines is 1. The van der Waals surface area contributed by atoms with Crippen molar-refractivity contribution < 1.29 is 19.2 Å². The van der Waals surface area contributed by atoms with Crippen molar-refractivity contribution in [2.75, 3.05) is 19.5 Å². The van der Waals surface area contributed by atoms with E-state index in [9.17, 15) is 14.9 Å². The number of benzene rings is 2. The first-order valence-corrected chi connectivity index (χ1v) is 6.74. The van der Waals surface area contributed by atoms with Gasteiger partial charge in [0.15, 0.2) is 0 Å². The number of nitrogens with zero attached hydrogens (tertiary/aromatic N) is 1. The third-order valence-electron chi connectivity index (χ3n) is 3.28. The van der Waals surface area contributed by atoms with E-state index in [4.69, 9.17) is 9.47 Å². The van der Waals surface area contributed by atoms with Crippen LogP contribution in [-0.4, -0.2) is 25.1 Å². The molecule has 2 rings (SSSR count). The van der Waals surface area contributed by atoms with Crippen molar-refractivity contribution in [2.45, 2.75) is 6.92 Å². The zero-order valence-electron chi connectivity index (χ0n) is 13.0. The van der Waals surface area contributed by atoms with Gasteiger partial charge in [-0.25, -0.2) is 0 Å². The number of nitro groups is 1. The maximum atomic E-state index is 12.3. The Bertz CT molecular complexity index is 736. The number of carbonyl (C=O) groups excluding carboxylic acids is 1. The molecule has 0 aliphatic carbocycles. The van der Waals surface area contributed by atoms with Crippen molar-refractivity contribution in [1.29, 1.82) is 0 Å². The van der Waals surface area contributed by atoms with Gasteiger partial charge >= 0.3 is 0 Å². The fourth-order valence-electron chi connectivity index (χ4n) is 2.03. The van der Waals surface area contributed by atoms with Crippen LogP contribution in [0.3, 0.4) is 0 Å². The van der Waals surface area contributed by atoms with Gasteiger partial charge in [0.1, 0.15) is 11.5 Å². The number of ether oxygens (including phenoxy) is 2. The number of amides is 1. The van der Waals surface area contributed by atoms with Crippen molar-refractivity contribution >= 4 is 17.3 Å². The first-order chi connectivity index (χ1) is 10.9. The highest BCUT2D eigenvalue weighted by atomic mass is 16.6. The molecule has 2 aromatic rings. The molecule has 0 radical (unpaired) electrons. The van der Waals surface area contributed by atoms with E-state index in [0.29, 0.717) is 22.7 Å². The monoisotopic (exact) mass is 316 g/mol. The summed E-state index contributed by atoms with van der Waals surface area (Å²) in [6.45, 7) is 1.62. The summed E-state index contributed by atoms with van der Waals surface area (Å²) < 4.78 is 10.3. The third-order valence-corrected chi connectivity index (χ3v) is 3.28. The number of carbonyl (C=O) groups is 1. The normalized spacial score (nSPS) is 10.0. The molecular weight excluding hydrogens is 300 g/mol. The predicted molar refractivity (Wildman–Crippen MR) is 85.3 cm³/mol. The predicted octanol–water partition coefficient (Wildman–Crippen LogP) is 3.17. The van der Waals surface area contributed by atoms with Gasteiger partial charge < -0.3 is 14.8 Å². The van der Waals surface area contributed by atoms with Gasteiger partial charge in [0.25, 0.3) is 11.6 Å². The molecule has 7 heteroatoms. The van der Waals surface area contributed by atoms with Gasteiger partial charge in [-0.2, -0.15) is 0 Å². The highest BCUT2D eigenvalue weighted by molar-refractivity contribution is 6.04. The largest absolute Gasteiger partial charge is 0.497 e. The first kappa shape index (κ1) is 16.3. The maximum Gasteiger partial charge on any atom is 0.273 e. The van der Waals surface area contributed by atoms with E-state index in [1.54, 1.807) is 31.2 Å². The van der Waals surface area contributed by atoms with Gasteiger partial charge in [-0.1, -0.05) is 6.07 Å². The van der Waals surface area contributed by atoms with Gasteiger partial charge in [0, 0.05) is 41.1 Å². The number of hydrogen-bond acceptors (Lipinski definition) is 5. The van der Waals surface area contributed by atoms with Crippen LogP contribution in [0.5, 0.6) is 11.5 Å². The lowest BCUT2D eigenvalue weighted by atomic mass is 10.1. The SMILES string of the molecule is COc1cc(NC(=O)c2ccc(C)c([N+](=O)[O-])c2)cc(OC)c1. The van der Waals surface area contributed by atoms with Crippen LogP contribution in [-0.2, 0) is 0 Å². The van der Waals surface area contributed by atoms with Crippen molar-refractivity contribution in [3.63, 3.8) is 0 Å². The molecule has 2 aromatic carbocycles. The molecule has 7 nitrogen and oxygen atoms in total. The van der Waals surface area contributed by atoms with Gasteiger partial charge in [0.2, 0.25) is 0 Å². The Morgan fingerprint density at radius 2 is 1.70 bits per heavy atom. The molecule has 0 aromatic heterocycles. The molecule has 0 bridgehead atoms. The van der Waals surface area contributed by atoms with Gasteiger partial charge in [0.05, 0.1) is 19.1 Å². The van der Waals surface area contributed by atoms with E-state index >= 15 is 0 Å². The summed E-state index contributed by atoms with van der Waals surface area (Å²) in [7, 11) is 3.01. The lowest BCUT2D eigenvalue weighted by molar-refractivity contribution is -0.385. The number of nitro benzene ring substituents is 1. The molecule has 0 fully saturated rings. The van der Waals surface area contributed by atoms with Gasteiger partial charge in [-0.15, -0.1) is 0 Å². The Morgan fingerprint density at radius 3 is 2.22 bits per heavy atom. The van der Waals surface area contributed by atoms with Gasteiger partial charge in [-0.05, 0) is 13.0 Å². The molecule has 0 aliphatic heterocycles. The Hall–Kier alpha value is -3.09. The van der Waals surface area contributed by atoms with Crippen LogP contribution in [0.25, 0.3) is 0 Å². The number of hydrogen-bond donors (Lipinski definition) is 1. The van der Waals surface area contributed by atoms with E-state index < -0.39 is 10.8 Å². The van der Waals surface area contributed by atoms with Crippen LogP contribution in [0.4, 0.5) is 11.4 Å². The summed E-state index contributed by atoms with van der Waals surface area (Å²) in [5.74, 6) is 0.590. The molecular formula is C16H16N2O5. The molecule has 0 aliphatic rings. The molecule has 0 atom stereocenters. The number of rotatable bonds is 5. The van der Waals surface area contributed by atoms with Crippen LogP contribution >= 0.6 is 0 Å². The molecule has 1 N–H and O–H groups in total. The molecule has 23 heavy (non-hydrogen) atoms. The summed E-state index contributed by atoms with van der Waals surface area (Å²) >= 11 is 0. The lowest BCUT2D eigenvalue weighted by Gasteiger charge is -2.10. The standard InChI is InChI=1S/C16H16N2O5/c1-10-4-5-11(6-15(10)18(20)21)16(19)17-12-7-13(22-2)9-14(8-12)23-3/h4-9H,1-3H3,(H,17,19). The summed E-state index contributed by atoms with van der Waals surface area (Å²) in [6, 6.07) is 9.26. The fourth-order valence-corrected chi connectivity index (χ4v) is 2.03. The summed E-state index contributed by atoms with van der Waals surface area (Å²) in [4.78, 5) is 22.7. The molecule has 0 saturated carbocycles. The van der Waals surface area contributed by atoms with Crippen LogP contribution in [0.1, 0.15) is 15.9 Å². The molecule has 0 saturated heterocycles. The topological polar surface area (TPSA) is 90.7 Å². The Balaban J connectivity index is 2.29. The highest BCUT2D eigenvalue weighted by Crippen LogP contribution is 2.26. The van der Waals surface area contributed by atoms with E-state index in [1.165, 1.54) is 26.4 Å². The second kappa shape index (κ2) is 6.78. The van der Waals surface area contributed by atoms with E-state index in [-0.39, 0.29) is 11.3 Å². The van der Waals surface area contributed by atoms with Crippen LogP contribution in [0.2, 0.25) is 0 Å². The molecule has 0 spiro atoms. The number of aryl methyl sites for hydroxylation is 1. The summed E-state index contributed by atoms with van der Waals surface area (Å²) in [5, 5.41) is 13.6. The quantitative estimate of drug-likeness (QED) is 0.676. The van der Waals surface area contributed by atoms with Crippen molar-refractivity contribution in [1.82, 2.24) is 0 Å². The maximum absolute atomic E-state index is 12.3. The minimum absolute atomic E-state index is 0.0964. The second-order valence-electron chi connectivity index (χ2n) is 4.81. The Kier molecular flexibility index (Phi) is 4.80. The Morgan fingerprint density at radius 1 is 1.09 bits per heavy atom. The zero-order chi connectivity index (χ0) is 17.0. The van der Waals surface area contributed by atoms with Crippen molar-refractivity contribution in [3.05, 3.63) is 57.6 Å². The van der Waals surface area contributed by atoms with Crippen LogP contribution in [0.15, 0.2) is 36.4 Å². The smallest absolute Gasteiger partial charge is 0.273 e. The third kappa shape index (κ3) is 3.76. The molecule has 0 unspecified atom stereocenters. The number of methoxy groups -OCH3 is 2. The van der Waals surface area contributed by atoms with E-state index in [0.717, 1.165) is 0 Å². The average Bonchev–Trinajstić information content (AvgIpc) is 2.54. The fraction of sp³-hybridized carbons (Fsp3) is 0.188. The zero-order valence-corrected chi connectivity index (χ0v) is 13.0. The minimum atomic E-state index is -0.513. The molecule has 120 valence electrons. The van der Waals surface area contributed by atoms with Gasteiger partial charge in [-0.3, -0.25) is 14.9 Å². The van der Waals surface area contributed by atoms with Crippen LogP contribution < -0.4 is 14.8 Å². The number of nitrogens with one attached hydrogen (secondary N) is 1. The second-order valence-corrected chi connectivity index (χ2v) is 4.81. The van der Waals surface area contributed by atoms with E-state index in [2.05, 4.69) is 5.32 Å². The minimum Gasteiger partial charge on any atom is -0.497 e. The lowest BCUT2D eigenvalue weighted by Crippen LogP contribution is -2.12. The Labute approximate surface area is 133 Å². The first-order valence-electron chi connectivity index (χ1n) is 6.74. The average molecular weight is 316 g/mol. The van der Waals surface area contributed by atoms with Crippen molar-refractivity contribution in [2.24, 2.45) is 0 Å². The molecule has 1 amide bonds. The molecule has 0 heterocycles. The van der Waals surface area contributed by atoms with Crippen molar-refractivity contribution in [3.8, 4) is 11.5 Å². The summed E-state index contributed by atoms with van der Waals surface area (Å²) in [5.41, 5.74) is 1.06. The van der Waals surface area contributed by atoms with E-state index in [1.807, 2.05) is 0 Å².